The molecule has 0 radical (unpaired) electrons. The summed E-state index contributed by atoms with van der Waals surface area (Å²) in [7, 11) is 0. The second-order valence-electron chi connectivity index (χ2n) is 5.02. The van der Waals surface area contributed by atoms with Gasteiger partial charge < -0.3 is 18.9 Å². The smallest absolute Gasteiger partial charge is 0.224 e. The number of hydrogen-bond donors (Lipinski definition) is 0. The maximum Gasteiger partial charge on any atom is 0.224 e. The third-order valence-corrected chi connectivity index (χ3v) is 3.80. The minimum Gasteiger partial charge on any atom is -0.342 e. The van der Waals surface area contributed by atoms with Crippen molar-refractivity contribution in [3.05, 3.63) is 25.3 Å². The molecule has 4 atom stereocenters. The predicted octanol–water partition coefficient (Wildman–Crippen LogP) is 2.79. The summed E-state index contributed by atoms with van der Waals surface area (Å²) in [6.07, 6.45) is 5.64. The molecule has 0 spiro atoms. The van der Waals surface area contributed by atoms with Gasteiger partial charge in [-0.1, -0.05) is 32.4 Å². The molecule has 0 aromatic rings. The lowest BCUT2D eigenvalue weighted by Gasteiger charge is -2.42. The highest BCUT2D eigenvalue weighted by molar-refractivity contribution is 5.01. The molecular weight excluding hydrogens is 244 g/mol. The van der Waals surface area contributed by atoms with Crippen LogP contribution in [0.2, 0.25) is 0 Å². The lowest BCUT2D eigenvalue weighted by Crippen LogP contribution is -2.56. The van der Waals surface area contributed by atoms with Crippen molar-refractivity contribution in [2.45, 2.75) is 56.9 Å². The van der Waals surface area contributed by atoms with Crippen molar-refractivity contribution in [3.8, 4) is 0 Å². The molecule has 2 aliphatic heterocycles. The van der Waals surface area contributed by atoms with Crippen LogP contribution in [-0.2, 0) is 18.9 Å². The van der Waals surface area contributed by atoms with Gasteiger partial charge in [-0.05, 0) is 0 Å². The van der Waals surface area contributed by atoms with Crippen molar-refractivity contribution in [1.29, 1.82) is 0 Å². The SMILES string of the molecule is C=CC1COC(CC)(C2(CCC)OCC(C=C)O2)O1. The Kier molecular flexibility index (Phi) is 4.46. The molecule has 4 heteroatoms. The Morgan fingerprint density at radius 1 is 1.00 bits per heavy atom. The Hall–Kier alpha value is -0.680. The van der Waals surface area contributed by atoms with E-state index in [1.54, 1.807) is 12.2 Å². The van der Waals surface area contributed by atoms with E-state index in [0.717, 1.165) is 12.8 Å². The van der Waals surface area contributed by atoms with Crippen LogP contribution < -0.4 is 0 Å². The molecular formula is C15H24O4. The number of ether oxygens (including phenoxy) is 4. The fourth-order valence-electron chi connectivity index (χ4n) is 2.80. The van der Waals surface area contributed by atoms with Gasteiger partial charge in [0.15, 0.2) is 0 Å². The zero-order chi connectivity index (χ0) is 13.9. The van der Waals surface area contributed by atoms with Crippen LogP contribution >= 0.6 is 0 Å². The van der Waals surface area contributed by atoms with Crippen molar-refractivity contribution in [1.82, 2.24) is 0 Å². The van der Waals surface area contributed by atoms with Crippen molar-refractivity contribution in [2.75, 3.05) is 13.2 Å². The standard InChI is InChI=1S/C15H24O4/c1-5-9-15(17-11-13(7-3)19-15)14(8-4)16-10-12(6-2)18-14/h6-7,12-13H,2-3,5,8-11H2,1,4H3. The summed E-state index contributed by atoms with van der Waals surface area (Å²) in [6, 6.07) is 0. The van der Waals surface area contributed by atoms with E-state index >= 15 is 0 Å². The summed E-state index contributed by atoms with van der Waals surface area (Å²) in [5.74, 6) is -1.69. The largest absolute Gasteiger partial charge is 0.342 e. The molecule has 2 heterocycles. The van der Waals surface area contributed by atoms with Gasteiger partial charge in [0, 0.05) is 12.8 Å². The highest BCUT2D eigenvalue weighted by Crippen LogP contribution is 2.46. The van der Waals surface area contributed by atoms with Crippen LogP contribution in [0.25, 0.3) is 0 Å². The Morgan fingerprint density at radius 3 is 1.95 bits per heavy atom. The fraction of sp³-hybridized carbons (Fsp3) is 0.733. The molecule has 0 aromatic carbocycles. The van der Waals surface area contributed by atoms with E-state index < -0.39 is 11.6 Å². The Bertz CT molecular complexity index is 343. The first-order valence-corrected chi connectivity index (χ1v) is 7.04. The summed E-state index contributed by atoms with van der Waals surface area (Å²) in [5.41, 5.74) is 0. The fourth-order valence-corrected chi connectivity index (χ4v) is 2.80. The second-order valence-corrected chi connectivity index (χ2v) is 5.02. The lowest BCUT2D eigenvalue weighted by atomic mass is 9.97. The first kappa shape index (κ1) is 14.7. The lowest BCUT2D eigenvalue weighted by molar-refractivity contribution is -0.355. The second kappa shape index (κ2) is 5.75. The monoisotopic (exact) mass is 268 g/mol. The molecule has 2 aliphatic rings. The minimum absolute atomic E-state index is 0.107. The Balaban J connectivity index is 2.26. The molecule has 0 aromatic heterocycles. The van der Waals surface area contributed by atoms with Crippen molar-refractivity contribution < 1.29 is 18.9 Å². The minimum atomic E-state index is -0.848. The van der Waals surface area contributed by atoms with Gasteiger partial charge >= 0.3 is 0 Å². The van der Waals surface area contributed by atoms with E-state index in [2.05, 4.69) is 20.1 Å². The maximum atomic E-state index is 6.09. The van der Waals surface area contributed by atoms with Crippen molar-refractivity contribution in [2.24, 2.45) is 0 Å². The highest BCUT2D eigenvalue weighted by atomic mass is 16.8. The van der Waals surface area contributed by atoms with Gasteiger partial charge in [-0.2, -0.15) is 0 Å². The van der Waals surface area contributed by atoms with Crippen molar-refractivity contribution in [3.63, 3.8) is 0 Å². The molecule has 0 saturated carbocycles. The van der Waals surface area contributed by atoms with E-state index in [-0.39, 0.29) is 12.2 Å². The quantitative estimate of drug-likeness (QED) is 0.694. The van der Waals surface area contributed by atoms with Crippen molar-refractivity contribution >= 4 is 0 Å². The Labute approximate surface area is 115 Å². The first-order valence-electron chi connectivity index (χ1n) is 7.04. The summed E-state index contributed by atoms with van der Waals surface area (Å²) in [4.78, 5) is 0. The summed E-state index contributed by atoms with van der Waals surface area (Å²) in [6.45, 7) is 12.6. The van der Waals surface area contributed by atoms with Crippen LogP contribution in [0, 0.1) is 0 Å². The molecule has 4 nitrogen and oxygen atoms in total. The van der Waals surface area contributed by atoms with Gasteiger partial charge in [-0.3, -0.25) is 0 Å². The van der Waals surface area contributed by atoms with Crippen LogP contribution in [0.1, 0.15) is 33.1 Å². The Morgan fingerprint density at radius 2 is 1.53 bits per heavy atom. The molecule has 4 unspecified atom stereocenters. The van der Waals surface area contributed by atoms with Gasteiger partial charge in [-0.15, -0.1) is 13.2 Å². The average Bonchev–Trinajstić information content (AvgIpc) is 3.04. The first-order chi connectivity index (χ1) is 9.15. The zero-order valence-electron chi connectivity index (χ0n) is 11.9. The zero-order valence-corrected chi connectivity index (χ0v) is 11.9. The molecule has 108 valence electrons. The molecule has 19 heavy (non-hydrogen) atoms. The average molecular weight is 268 g/mol. The summed E-state index contributed by atoms with van der Waals surface area (Å²) >= 11 is 0. The molecule has 2 rings (SSSR count). The van der Waals surface area contributed by atoms with E-state index in [0.29, 0.717) is 19.6 Å². The van der Waals surface area contributed by atoms with Gasteiger partial charge in [-0.25, -0.2) is 0 Å². The number of rotatable bonds is 6. The third kappa shape index (κ3) is 2.38. The van der Waals surface area contributed by atoms with Gasteiger partial charge in [0.05, 0.1) is 13.2 Å². The molecule has 0 bridgehead atoms. The maximum absolute atomic E-state index is 6.09. The molecule has 2 saturated heterocycles. The van der Waals surface area contributed by atoms with Crippen LogP contribution in [-0.4, -0.2) is 37.0 Å². The topological polar surface area (TPSA) is 36.9 Å². The van der Waals surface area contributed by atoms with Gasteiger partial charge in [0.25, 0.3) is 0 Å². The van der Waals surface area contributed by atoms with Crippen LogP contribution in [0.15, 0.2) is 25.3 Å². The molecule has 2 fully saturated rings. The van der Waals surface area contributed by atoms with Crippen LogP contribution in [0.3, 0.4) is 0 Å². The van der Waals surface area contributed by atoms with E-state index in [9.17, 15) is 0 Å². The third-order valence-electron chi connectivity index (χ3n) is 3.80. The predicted molar refractivity (Wildman–Crippen MR) is 72.7 cm³/mol. The van der Waals surface area contributed by atoms with Crippen LogP contribution in [0.4, 0.5) is 0 Å². The van der Waals surface area contributed by atoms with E-state index in [4.69, 9.17) is 18.9 Å². The van der Waals surface area contributed by atoms with Gasteiger partial charge in [0.2, 0.25) is 11.6 Å². The summed E-state index contributed by atoms with van der Waals surface area (Å²) < 4.78 is 24.1. The van der Waals surface area contributed by atoms with E-state index in [1.165, 1.54) is 0 Å². The van der Waals surface area contributed by atoms with Gasteiger partial charge in [0.1, 0.15) is 12.2 Å². The van der Waals surface area contributed by atoms with Crippen LogP contribution in [0.5, 0.6) is 0 Å². The number of hydrogen-bond acceptors (Lipinski definition) is 4. The normalized spacial score (nSPS) is 42.4. The highest BCUT2D eigenvalue weighted by Gasteiger charge is 2.61. The van der Waals surface area contributed by atoms with E-state index in [1.807, 2.05) is 6.92 Å². The molecule has 0 aliphatic carbocycles. The molecule has 0 amide bonds. The summed E-state index contributed by atoms with van der Waals surface area (Å²) in [5, 5.41) is 0. The molecule has 0 N–H and O–H groups in total.